The summed E-state index contributed by atoms with van der Waals surface area (Å²) < 4.78 is 0. The van der Waals surface area contributed by atoms with E-state index in [-0.39, 0.29) is 5.41 Å². The van der Waals surface area contributed by atoms with Gasteiger partial charge in [0.1, 0.15) is 0 Å². The molecular weight excluding hydrogens is 194 g/mol. The zero-order valence-corrected chi connectivity index (χ0v) is 11.1. The van der Waals surface area contributed by atoms with Crippen LogP contribution in [-0.2, 0) is 10.8 Å². The SMILES string of the molecule is Cc1c(N)ccc2c1C(C)(C)CCC2(C)C. The van der Waals surface area contributed by atoms with Gasteiger partial charge in [-0.15, -0.1) is 0 Å². The molecule has 0 bridgehead atoms. The Balaban J connectivity index is 2.75. The third-order valence-electron chi connectivity index (χ3n) is 4.29. The Morgan fingerprint density at radius 1 is 1.00 bits per heavy atom. The smallest absolute Gasteiger partial charge is 0.0346 e. The lowest BCUT2D eigenvalue weighted by Crippen LogP contribution is -2.34. The number of hydrogen-bond acceptors (Lipinski definition) is 1. The summed E-state index contributed by atoms with van der Waals surface area (Å²) in [4.78, 5) is 0. The van der Waals surface area contributed by atoms with Gasteiger partial charge >= 0.3 is 0 Å². The molecule has 0 fully saturated rings. The van der Waals surface area contributed by atoms with Crippen LogP contribution < -0.4 is 5.73 Å². The highest BCUT2D eigenvalue weighted by Gasteiger charge is 2.38. The predicted octanol–water partition coefficient (Wildman–Crippen LogP) is 3.93. The van der Waals surface area contributed by atoms with Gasteiger partial charge in [-0.25, -0.2) is 0 Å². The van der Waals surface area contributed by atoms with Gasteiger partial charge in [-0.2, -0.15) is 0 Å². The summed E-state index contributed by atoms with van der Waals surface area (Å²) in [6.07, 6.45) is 2.51. The molecule has 0 radical (unpaired) electrons. The van der Waals surface area contributed by atoms with Gasteiger partial charge in [0.05, 0.1) is 0 Å². The zero-order valence-electron chi connectivity index (χ0n) is 11.1. The Morgan fingerprint density at radius 3 is 2.19 bits per heavy atom. The van der Waals surface area contributed by atoms with Crippen LogP contribution in [0.4, 0.5) is 5.69 Å². The van der Waals surface area contributed by atoms with Gasteiger partial charge < -0.3 is 5.73 Å². The highest BCUT2D eigenvalue weighted by Crippen LogP contribution is 2.47. The lowest BCUT2D eigenvalue weighted by Gasteiger charge is -2.43. The van der Waals surface area contributed by atoms with Crippen LogP contribution in [0.25, 0.3) is 0 Å². The van der Waals surface area contributed by atoms with Crippen LogP contribution in [0.1, 0.15) is 57.2 Å². The normalized spacial score (nSPS) is 21.6. The third-order valence-corrected chi connectivity index (χ3v) is 4.29. The minimum absolute atomic E-state index is 0.268. The van der Waals surface area contributed by atoms with Crippen LogP contribution in [0, 0.1) is 6.92 Å². The first kappa shape index (κ1) is 11.5. The van der Waals surface area contributed by atoms with Crippen molar-refractivity contribution in [3.8, 4) is 0 Å². The third kappa shape index (κ3) is 1.53. The molecule has 0 amide bonds. The van der Waals surface area contributed by atoms with E-state index in [2.05, 4.69) is 46.8 Å². The molecule has 0 unspecified atom stereocenters. The van der Waals surface area contributed by atoms with Gasteiger partial charge in [0.25, 0.3) is 0 Å². The highest BCUT2D eigenvalue weighted by molar-refractivity contribution is 5.58. The molecule has 0 saturated carbocycles. The quantitative estimate of drug-likeness (QED) is 0.655. The van der Waals surface area contributed by atoms with Crippen LogP contribution in [0.5, 0.6) is 0 Å². The van der Waals surface area contributed by atoms with E-state index in [4.69, 9.17) is 5.73 Å². The van der Waals surface area contributed by atoms with Crippen LogP contribution in [0.3, 0.4) is 0 Å². The average molecular weight is 217 g/mol. The van der Waals surface area contributed by atoms with Crippen molar-refractivity contribution < 1.29 is 0 Å². The number of nitrogen functional groups attached to an aromatic ring is 1. The minimum atomic E-state index is 0.268. The lowest BCUT2D eigenvalue weighted by atomic mass is 9.62. The largest absolute Gasteiger partial charge is 0.399 e. The molecule has 0 saturated heterocycles. The molecule has 0 aliphatic heterocycles. The van der Waals surface area contributed by atoms with E-state index < -0.39 is 0 Å². The van der Waals surface area contributed by atoms with Crippen molar-refractivity contribution in [2.75, 3.05) is 5.73 Å². The molecule has 2 rings (SSSR count). The van der Waals surface area contributed by atoms with Crippen molar-refractivity contribution in [3.63, 3.8) is 0 Å². The van der Waals surface area contributed by atoms with E-state index in [1.165, 1.54) is 29.5 Å². The van der Waals surface area contributed by atoms with Gasteiger partial charge in [-0.05, 0) is 53.4 Å². The Morgan fingerprint density at radius 2 is 1.56 bits per heavy atom. The number of benzene rings is 1. The zero-order chi connectivity index (χ0) is 12.1. The molecule has 1 nitrogen and oxygen atoms in total. The molecule has 0 spiro atoms. The molecule has 1 aromatic rings. The Hall–Kier alpha value is -0.980. The van der Waals surface area contributed by atoms with Gasteiger partial charge in [0.15, 0.2) is 0 Å². The number of fused-ring (bicyclic) bond motifs is 1. The van der Waals surface area contributed by atoms with E-state index in [1.807, 2.05) is 0 Å². The molecule has 1 heteroatoms. The van der Waals surface area contributed by atoms with Crippen molar-refractivity contribution in [2.24, 2.45) is 0 Å². The summed E-state index contributed by atoms with van der Waals surface area (Å²) >= 11 is 0. The molecule has 88 valence electrons. The molecule has 0 aromatic heterocycles. The molecule has 1 aromatic carbocycles. The van der Waals surface area contributed by atoms with E-state index in [1.54, 1.807) is 0 Å². The summed E-state index contributed by atoms with van der Waals surface area (Å²) in [6, 6.07) is 4.30. The summed E-state index contributed by atoms with van der Waals surface area (Å²) in [5, 5.41) is 0. The van der Waals surface area contributed by atoms with Crippen molar-refractivity contribution in [1.29, 1.82) is 0 Å². The van der Waals surface area contributed by atoms with E-state index in [0.29, 0.717) is 5.41 Å². The van der Waals surface area contributed by atoms with Gasteiger partial charge in [-0.3, -0.25) is 0 Å². The van der Waals surface area contributed by atoms with Crippen LogP contribution in [-0.4, -0.2) is 0 Å². The fourth-order valence-electron chi connectivity index (χ4n) is 3.05. The van der Waals surface area contributed by atoms with Crippen molar-refractivity contribution >= 4 is 5.69 Å². The van der Waals surface area contributed by atoms with Crippen molar-refractivity contribution in [1.82, 2.24) is 0 Å². The molecule has 16 heavy (non-hydrogen) atoms. The number of hydrogen-bond donors (Lipinski definition) is 1. The summed E-state index contributed by atoms with van der Waals surface area (Å²) in [7, 11) is 0. The average Bonchev–Trinajstić information content (AvgIpc) is 2.17. The lowest BCUT2D eigenvalue weighted by molar-refractivity contribution is 0.330. The Labute approximate surface area is 99.0 Å². The number of anilines is 1. The van der Waals surface area contributed by atoms with Gasteiger partial charge in [0.2, 0.25) is 0 Å². The molecule has 2 N–H and O–H groups in total. The number of nitrogens with two attached hydrogens (primary N) is 1. The molecule has 0 atom stereocenters. The second kappa shape index (κ2) is 3.26. The fraction of sp³-hybridized carbons (Fsp3) is 0.600. The first-order chi connectivity index (χ1) is 7.26. The molecule has 1 aliphatic carbocycles. The number of rotatable bonds is 0. The van der Waals surface area contributed by atoms with Gasteiger partial charge in [-0.1, -0.05) is 33.8 Å². The monoisotopic (exact) mass is 217 g/mol. The van der Waals surface area contributed by atoms with Crippen LogP contribution in [0.15, 0.2) is 12.1 Å². The maximum absolute atomic E-state index is 6.05. The standard InChI is InChI=1S/C15H23N/c1-10-12(16)7-6-11-13(10)15(4,5)9-8-14(11,2)3/h6-7H,8-9,16H2,1-5H3. The molecule has 1 aliphatic rings. The maximum Gasteiger partial charge on any atom is 0.0346 e. The van der Waals surface area contributed by atoms with E-state index in [9.17, 15) is 0 Å². The van der Waals surface area contributed by atoms with Crippen LogP contribution in [0.2, 0.25) is 0 Å². The second-order valence-corrected chi connectivity index (χ2v) is 6.47. The van der Waals surface area contributed by atoms with Crippen LogP contribution >= 0.6 is 0 Å². The van der Waals surface area contributed by atoms with E-state index in [0.717, 1.165) is 5.69 Å². The second-order valence-electron chi connectivity index (χ2n) is 6.47. The molecule has 0 heterocycles. The molecular formula is C15H23N. The Kier molecular flexibility index (Phi) is 2.34. The topological polar surface area (TPSA) is 26.0 Å². The minimum Gasteiger partial charge on any atom is -0.399 e. The Bertz CT molecular complexity index is 427. The first-order valence-corrected chi connectivity index (χ1v) is 6.16. The maximum atomic E-state index is 6.05. The highest BCUT2D eigenvalue weighted by atomic mass is 14.6. The first-order valence-electron chi connectivity index (χ1n) is 6.16. The predicted molar refractivity (Wildman–Crippen MR) is 70.9 cm³/mol. The summed E-state index contributed by atoms with van der Waals surface area (Å²) in [6.45, 7) is 11.5. The summed E-state index contributed by atoms with van der Waals surface area (Å²) in [5.41, 5.74) is 11.8. The van der Waals surface area contributed by atoms with Crippen molar-refractivity contribution in [3.05, 3.63) is 28.8 Å². The van der Waals surface area contributed by atoms with Gasteiger partial charge in [0, 0.05) is 5.69 Å². The summed E-state index contributed by atoms with van der Waals surface area (Å²) in [5.74, 6) is 0. The fourth-order valence-corrected chi connectivity index (χ4v) is 3.05. The van der Waals surface area contributed by atoms with E-state index >= 15 is 0 Å². The van der Waals surface area contributed by atoms with Crippen molar-refractivity contribution in [2.45, 2.75) is 58.3 Å².